The number of benzene rings is 2. The summed E-state index contributed by atoms with van der Waals surface area (Å²) in [7, 11) is 0. The molecule has 158 valence electrons. The van der Waals surface area contributed by atoms with E-state index in [4.69, 9.17) is 44.2 Å². The van der Waals surface area contributed by atoms with Crippen LogP contribution in [-0.4, -0.2) is 19.7 Å². The maximum atomic E-state index is 6.56. The second kappa shape index (κ2) is 8.30. The monoisotopic (exact) mass is 472 g/mol. The van der Waals surface area contributed by atoms with Gasteiger partial charge in [-0.15, -0.1) is 10.2 Å². The van der Waals surface area contributed by atoms with E-state index in [0.29, 0.717) is 50.7 Å². The van der Waals surface area contributed by atoms with Crippen LogP contribution in [0.5, 0.6) is 0 Å². The summed E-state index contributed by atoms with van der Waals surface area (Å²) >= 11 is 18.8. The minimum Gasteiger partial charge on any atom is -0.419 e. The molecule has 1 saturated carbocycles. The fourth-order valence-corrected chi connectivity index (χ4v) is 4.44. The lowest BCUT2D eigenvalue weighted by molar-refractivity contribution is 0.338. The Morgan fingerprint density at radius 3 is 2.39 bits per heavy atom. The van der Waals surface area contributed by atoms with Gasteiger partial charge in [0.1, 0.15) is 11.5 Å². The summed E-state index contributed by atoms with van der Waals surface area (Å²) in [5.74, 6) is 2.15. The van der Waals surface area contributed by atoms with Crippen molar-refractivity contribution >= 4 is 34.8 Å². The second-order valence-electron chi connectivity index (χ2n) is 7.59. The van der Waals surface area contributed by atoms with Crippen molar-refractivity contribution in [1.82, 2.24) is 19.7 Å². The van der Waals surface area contributed by atoms with Crippen molar-refractivity contribution in [3.05, 3.63) is 69.1 Å². The minimum absolute atomic E-state index is 0.356. The highest BCUT2D eigenvalue weighted by Gasteiger charge is 2.28. The van der Waals surface area contributed by atoms with Crippen LogP contribution in [0.2, 0.25) is 15.1 Å². The lowest BCUT2D eigenvalue weighted by atomic mass is 9.85. The van der Waals surface area contributed by atoms with E-state index in [1.165, 1.54) is 6.42 Å². The summed E-state index contributed by atoms with van der Waals surface area (Å²) in [5, 5.41) is 10.4. The maximum Gasteiger partial charge on any atom is 0.268 e. The second-order valence-corrected chi connectivity index (χ2v) is 8.87. The summed E-state index contributed by atoms with van der Waals surface area (Å²) in [5.41, 5.74) is 3.30. The molecule has 0 N–H and O–H groups in total. The van der Waals surface area contributed by atoms with Gasteiger partial charge in [0.2, 0.25) is 5.89 Å². The van der Waals surface area contributed by atoms with Crippen molar-refractivity contribution in [1.29, 1.82) is 0 Å². The van der Waals surface area contributed by atoms with Gasteiger partial charge < -0.3 is 4.42 Å². The largest absolute Gasteiger partial charge is 0.419 e. The van der Waals surface area contributed by atoms with Crippen LogP contribution in [0.1, 0.15) is 43.7 Å². The van der Waals surface area contributed by atoms with Crippen molar-refractivity contribution in [2.24, 2.45) is 0 Å². The fourth-order valence-electron chi connectivity index (χ4n) is 3.82. The number of hydrogen-bond acceptors (Lipinski definition) is 4. The number of rotatable bonds is 5. The van der Waals surface area contributed by atoms with Gasteiger partial charge in [0.15, 0.2) is 0 Å². The summed E-state index contributed by atoms with van der Waals surface area (Å²) < 4.78 is 8.11. The first kappa shape index (κ1) is 20.6. The van der Waals surface area contributed by atoms with Crippen LogP contribution in [0, 0.1) is 0 Å². The van der Waals surface area contributed by atoms with Gasteiger partial charge in [-0.2, -0.15) is 0 Å². The van der Waals surface area contributed by atoms with Crippen LogP contribution in [-0.2, 0) is 6.42 Å². The molecule has 5 rings (SSSR count). The van der Waals surface area contributed by atoms with Crippen molar-refractivity contribution in [3.63, 3.8) is 0 Å². The Kier molecular flexibility index (Phi) is 5.51. The SMILES string of the molecule is CCc1c(-c2nnc(C3CCC3)o2)nc(-c2ccc(Cl)cc2Cl)n1-c1ccc(Cl)cc1. The molecule has 1 fully saturated rings. The minimum atomic E-state index is 0.356. The quantitative estimate of drug-likeness (QED) is 0.303. The van der Waals surface area contributed by atoms with Crippen molar-refractivity contribution in [2.75, 3.05) is 0 Å². The van der Waals surface area contributed by atoms with Crippen LogP contribution < -0.4 is 0 Å². The lowest BCUT2D eigenvalue weighted by Gasteiger charge is -2.20. The molecule has 2 aromatic carbocycles. The Morgan fingerprint density at radius 2 is 1.74 bits per heavy atom. The standard InChI is InChI=1S/C23H19Cl3N4O/c1-2-19-20(23-29-28-22(31-23)13-4-3-5-13)27-21(17-11-8-15(25)12-18(17)26)30(19)16-9-6-14(24)7-10-16/h6-13H,2-5H2,1H3. The van der Waals surface area contributed by atoms with E-state index >= 15 is 0 Å². The number of aromatic nitrogens is 4. The molecule has 0 bridgehead atoms. The average molecular weight is 474 g/mol. The van der Waals surface area contributed by atoms with Crippen LogP contribution in [0.3, 0.4) is 0 Å². The Morgan fingerprint density at radius 1 is 1.00 bits per heavy atom. The number of halogens is 3. The van der Waals surface area contributed by atoms with Gasteiger partial charge in [-0.1, -0.05) is 48.1 Å². The van der Waals surface area contributed by atoms with E-state index < -0.39 is 0 Å². The zero-order valence-corrected chi connectivity index (χ0v) is 19.0. The van der Waals surface area contributed by atoms with Gasteiger partial charge in [0.25, 0.3) is 5.89 Å². The van der Waals surface area contributed by atoms with Gasteiger partial charge in [-0.3, -0.25) is 4.57 Å². The zero-order valence-electron chi connectivity index (χ0n) is 16.8. The number of nitrogens with zero attached hydrogens (tertiary/aromatic N) is 4. The molecular formula is C23H19Cl3N4O. The van der Waals surface area contributed by atoms with E-state index in [2.05, 4.69) is 21.7 Å². The Balaban J connectivity index is 1.72. The molecular weight excluding hydrogens is 455 g/mol. The zero-order chi connectivity index (χ0) is 21.5. The molecule has 0 spiro atoms. The number of hydrogen-bond donors (Lipinski definition) is 0. The highest BCUT2D eigenvalue weighted by molar-refractivity contribution is 6.36. The van der Waals surface area contributed by atoms with Crippen molar-refractivity contribution in [3.8, 4) is 28.7 Å². The molecule has 1 aliphatic carbocycles. The molecule has 0 atom stereocenters. The summed E-state index contributed by atoms with van der Waals surface area (Å²) in [6, 6.07) is 13.0. The smallest absolute Gasteiger partial charge is 0.268 e. The molecule has 2 heterocycles. The molecule has 2 aromatic heterocycles. The first-order valence-electron chi connectivity index (χ1n) is 10.2. The topological polar surface area (TPSA) is 56.7 Å². The average Bonchev–Trinajstić information content (AvgIpc) is 3.32. The molecule has 0 unspecified atom stereocenters. The van der Waals surface area contributed by atoms with Gasteiger partial charge in [-0.05, 0) is 61.7 Å². The van der Waals surface area contributed by atoms with Crippen LogP contribution in [0.4, 0.5) is 0 Å². The van der Waals surface area contributed by atoms with Crippen LogP contribution in [0.15, 0.2) is 46.9 Å². The molecule has 0 radical (unpaired) electrons. The first-order chi connectivity index (χ1) is 15.0. The fraction of sp³-hybridized carbons (Fsp3) is 0.261. The van der Waals surface area contributed by atoms with Crippen molar-refractivity contribution in [2.45, 2.75) is 38.5 Å². The Bertz CT molecular complexity index is 1240. The predicted molar refractivity (Wildman–Crippen MR) is 123 cm³/mol. The van der Waals surface area contributed by atoms with Gasteiger partial charge in [0, 0.05) is 27.2 Å². The normalized spacial score (nSPS) is 14.1. The third-order valence-electron chi connectivity index (χ3n) is 5.66. The molecule has 8 heteroatoms. The summed E-state index contributed by atoms with van der Waals surface area (Å²) in [4.78, 5) is 4.93. The van der Waals surface area contributed by atoms with Crippen LogP contribution in [0.25, 0.3) is 28.7 Å². The molecule has 0 amide bonds. The molecule has 5 nitrogen and oxygen atoms in total. The van der Waals surface area contributed by atoms with Gasteiger partial charge in [-0.25, -0.2) is 4.98 Å². The third-order valence-corrected chi connectivity index (χ3v) is 6.46. The van der Waals surface area contributed by atoms with E-state index in [-0.39, 0.29) is 0 Å². The molecule has 4 aromatic rings. The van der Waals surface area contributed by atoms with E-state index in [1.807, 2.05) is 30.3 Å². The maximum absolute atomic E-state index is 6.56. The summed E-state index contributed by atoms with van der Waals surface area (Å²) in [6.45, 7) is 2.07. The Labute approximate surface area is 195 Å². The third kappa shape index (κ3) is 3.75. The predicted octanol–water partition coefficient (Wildman–Crippen LogP) is 7.38. The Hall–Kier alpha value is -2.34. The van der Waals surface area contributed by atoms with E-state index in [9.17, 15) is 0 Å². The van der Waals surface area contributed by atoms with Gasteiger partial charge >= 0.3 is 0 Å². The molecule has 31 heavy (non-hydrogen) atoms. The van der Waals surface area contributed by atoms with E-state index in [1.54, 1.807) is 12.1 Å². The molecule has 1 aliphatic rings. The lowest BCUT2D eigenvalue weighted by Crippen LogP contribution is -2.08. The van der Waals surface area contributed by atoms with Crippen LogP contribution >= 0.6 is 34.8 Å². The highest BCUT2D eigenvalue weighted by Crippen LogP contribution is 2.39. The van der Waals surface area contributed by atoms with Crippen molar-refractivity contribution < 1.29 is 4.42 Å². The van der Waals surface area contributed by atoms with E-state index in [0.717, 1.165) is 29.8 Å². The number of imidazole rings is 1. The van der Waals surface area contributed by atoms with Gasteiger partial charge in [0.05, 0.1) is 10.7 Å². The molecule has 0 aliphatic heterocycles. The molecule has 0 saturated heterocycles. The first-order valence-corrected chi connectivity index (χ1v) is 11.3. The highest BCUT2D eigenvalue weighted by atomic mass is 35.5. The summed E-state index contributed by atoms with van der Waals surface area (Å²) in [6.07, 6.45) is 4.09.